The molecule has 26 heavy (non-hydrogen) atoms. The van der Waals surface area contributed by atoms with Crippen molar-refractivity contribution >= 4 is 6.09 Å². The number of carbonyl (C=O) groups is 1. The number of benzene rings is 1. The maximum atomic E-state index is 13.7. The van der Waals surface area contributed by atoms with Crippen LogP contribution in [-0.2, 0) is 9.47 Å². The monoisotopic (exact) mass is 365 g/mol. The van der Waals surface area contributed by atoms with Crippen molar-refractivity contribution < 1.29 is 23.8 Å². The standard InChI is InChI=1S/C20H28FNO4/c1-18(2,3)26-17(24)22-19(13-25-4)8-10-20(22,11-9-19)16(23)14-6-5-7-15(21)12-14/h5-7,12,16,23H,8-11,13H2,1-4H3/t16-,19?,20?/m0/s1. The molecule has 0 aliphatic carbocycles. The quantitative estimate of drug-likeness (QED) is 0.881. The Labute approximate surface area is 154 Å². The SMILES string of the molecule is COCC12CCC([C@@H](O)c3cccc(F)c3)(CC1)N2C(=O)OC(C)(C)C. The zero-order chi connectivity index (χ0) is 19.2. The first-order valence-electron chi connectivity index (χ1n) is 9.09. The summed E-state index contributed by atoms with van der Waals surface area (Å²) in [5.74, 6) is -0.402. The van der Waals surface area contributed by atoms with E-state index in [4.69, 9.17) is 9.47 Å². The van der Waals surface area contributed by atoms with Crippen LogP contribution in [0.1, 0.15) is 58.1 Å². The van der Waals surface area contributed by atoms with Gasteiger partial charge in [0.1, 0.15) is 17.5 Å². The van der Waals surface area contributed by atoms with Crippen molar-refractivity contribution in [3.05, 3.63) is 35.6 Å². The van der Waals surface area contributed by atoms with Crippen molar-refractivity contribution in [2.75, 3.05) is 13.7 Å². The van der Waals surface area contributed by atoms with Crippen molar-refractivity contribution in [1.29, 1.82) is 0 Å². The van der Waals surface area contributed by atoms with E-state index < -0.39 is 34.7 Å². The second-order valence-electron chi connectivity index (χ2n) is 8.53. The highest BCUT2D eigenvalue weighted by atomic mass is 19.1. The van der Waals surface area contributed by atoms with Crippen LogP contribution in [-0.4, -0.2) is 46.5 Å². The summed E-state index contributed by atoms with van der Waals surface area (Å²) in [4.78, 5) is 14.8. The van der Waals surface area contributed by atoms with E-state index >= 15 is 0 Å². The number of halogens is 1. The third-order valence-corrected chi connectivity index (χ3v) is 5.63. The van der Waals surface area contributed by atoms with Crippen LogP contribution in [0.15, 0.2) is 24.3 Å². The van der Waals surface area contributed by atoms with Gasteiger partial charge in [0.25, 0.3) is 0 Å². The number of rotatable bonds is 4. The first-order chi connectivity index (χ1) is 12.1. The minimum absolute atomic E-state index is 0.393. The number of ether oxygens (including phenoxy) is 2. The number of fused-ring (bicyclic) bond motifs is 2. The lowest BCUT2D eigenvalue weighted by molar-refractivity contribution is -0.0488. The number of aliphatic hydroxyl groups excluding tert-OH is 1. The van der Waals surface area contributed by atoms with E-state index in [0.717, 1.165) is 12.8 Å². The number of hydrogen-bond acceptors (Lipinski definition) is 4. The van der Waals surface area contributed by atoms with Crippen molar-refractivity contribution in [2.24, 2.45) is 0 Å². The van der Waals surface area contributed by atoms with Crippen LogP contribution >= 0.6 is 0 Å². The molecule has 2 bridgehead atoms. The smallest absolute Gasteiger partial charge is 0.411 e. The van der Waals surface area contributed by atoms with Gasteiger partial charge in [-0.3, -0.25) is 4.90 Å². The molecule has 1 aromatic rings. The third kappa shape index (κ3) is 3.09. The van der Waals surface area contributed by atoms with E-state index in [2.05, 4.69) is 0 Å². The second-order valence-corrected chi connectivity index (χ2v) is 8.53. The minimum atomic E-state index is -0.980. The summed E-state index contributed by atoms with van der Waals surface area (Å²) >= 11 is 0. The van der Waals surface area contributed by atoms with Crippen molar-refractivity contribution in [1.82, 2.24) is 4.90 Å². The highest BCUT2D eigenvalue weighted by molar-refractivity contribution is 5.72. The zero-order valence-corrected chi connectivity index (χ0v) is 15.9. The molecule has 2 heterocycles. The molecule has 1 N–H and O–H groups in total. The molecule has 144 valence electrons. The number of aliphatic hydroxyl groups is 1. The van der Waals surface area contributed by atoms with E-state index in [9.17, 15) is 14.3 Å². The second kappa shape index (κ2) is 6.50. The van der Waals surface area contributed by atoms with Crippen molar-refractivity contribution in [3.8, 4) is 0 Å². The fourth-order valence-corrected chi connectivity index (χ4v) is 4.61. The van der Waals surface area contributed by atoms with Gasteiger partial charge in [-0.15, -0.1) is 0 Å². The number of methoxy groups -OCH3 is 1. The van der Waals surface area contributed by atoms with Crippen molar-refractivity contribution in [3.63, 3.8) is 0 Å². The van der Waals surface area contributed by atoms with Gasteiger partial charge >= 0.3 is 6.09 Å². The molecule has 1 amide bonds. The molecule has 1 atom stereocenters. The van der Waals surface area contributed by atoms with Gasteiger partial charge < -0.3 is 14.6 Å². The Morgan fingerprint density at radius 1 is 1.31 bits per heavy atom. The molecule has 0 radical (unpaired) electrons. The minimum Gasteiger partial charge on any atom is -0.444 e. The van der Waals surface area contributed by atoms with Crippen LogP contribution in [0.2, 0.25) is 0 Å². The Kier molecular flexibility index (Phi) is 4.78. The fraction of sp³-hybridized carbons (Fsp3) is 0.650. The Morgan fingerprint density at radius 3 is 2.50 bits per heavy atom. The maximum absolute atomic E-state index is 13.7. The molecular weight excluding hydrogens is 337 g/mol. The van der Waals surface area contributed by atoms with E-state index in [-0.39, 0.29) is 0 Å². The molecule has 1 aromatic carbocycles. The Hall–Kier alpha value is -1.66. The molecule has 5 nitrogen and oxygen atoms in total. The van der Waals surface area contributed by atoms with Gasteiger partial charge in [-0.1, -0.05) is 12.1 Å². The summed E-state index contributed by atoms with van der Waals surface area (Å²) in [5.41, 5.74) is -1.44. The van der Waals surface area contributed by atoms with Gasteiger partial charge in [0.2, 0.25) is 0 Å². The molecule has 0 saturated carbocycles. The number of carbonyl (C=O) groups excluding carboxylic acids is 1. The molecule has 3 rings (SSSR count). The summed E-state index contributed by atoms with van der Waals surface area (Å²) in [7, 11) is 1.61. The maximum Gasteiger partial charge on any atom is 0.411 e. The average Bonchev–Trinajstić information content (AvgIpc) is 3.04. The molecule has 2 aliphatic rings. The van der Waals surface area contributed by atoms with Gasteiger partial charge in [0, 0.05) is 7.11 Å². The summed E-state index contributed by atoms with van der Waals surface area (Å²) < 4.78 is 24.8. The summed E-state index contributed by atoms with van der Waals surface area (Å²) in [5, 5.41) is 11.2. The Bertz CT molecular complexity index is 677. The lowest BCUT2D eigenvalue weighted by Crippen LogP contribution is -2.56. The zero-order valence-electron chi connectivity index (χ0n) is 15.9. The van der Waals surface area contributed by atoms with E-state index in [1.54, 1.807) is 24.1 Å². The number of nitrogens with zero attached hydrogens (tertiary/aromatic N) is 1. The molecule has 2 fully saturated rings. The first-order valence-corrected chi connectivity index (χ1v) is 9.09. The van der Waals surface area contributed by atoms with E-state index in [1.807, 2.05) is 20.8 Å². The first kappa shape index (κ1) is 19.1. The molecule has 2 aliphatic heterocycles. The fourth-order valence-electron chi connectivity index (χ4n) is 4.61. The Balaban J connectivity index is 2.00. The third-order valence-electron chi connectivity index (χ3n) is 5.63. The highest BCUT2D eigenvalue weighted by Crippen LogP contribution is 2.58. The Morgan fingerprint density at radius 2 is 1.96 bits per heavy atom. The summed E-state index contributed by atoms with van der Waals surface area (Å²) in [6.45, 7) is 5.86. The van der Waals surface area contributed by atoms with E-state index in [1.165, 1.54) is 12.1 Å². The predicted octanol–water partition coefficient (Wildman–Crippen LogP) is 3.81. The van der Waals surface area contributed by atoms with Crippen LogP contribution in [0.3, 0.4) is 0 Å². The molecule has 6 heteroatoms. The summed E-state index contributed by atoms with van der Waals surface area (Å²) in [6.07, 6.45) is 1.30. The van der Waals surface area contributed by atoms with Gasteiger partial charge in [0.15, 0.2) is 0 Å². The van der Waals surface area contributed by atoms with Crippen LogP contribution in [0.5, 0.6) is 0 Å². The van der Waals surface area contributed by atoms with Crippen molar-refractivity contribution in [2.45, 2.75) is 69.2 Å². The summed E-state index contributed by atoms with van der Waals surface area (Å²) in [6, 6.07) is 5.96. The lowest BCUT2D eigenvalue weighted by atomic mass is 9.77. The van der Waals surface area contributed by atoms with Crippen LogP contribution < -0.4 is 0 Å². The average molecular weight is 365 g/mol. The van der Waals surface area contributed by atoms with Crippen LogP contribution in [0, 0.1) is 5.82 Å². The van der Waals surface area contributed by atoms with E-state index in [0.29, 0.717) is 25.0 Å². The lowest BCUT2D eigenvalue weighted by Gasteiger charge is -2.42. The molecule has 0 spiro atoms. The van der Waals surface area contributed by atoms with Gasteiger partial charge in [-0.05, 0) is 64.2 Å². The van der Waals surface area contributed by atoms with Gasteiger partial charge in [0.05, 0.1) is 17.7 Å². The van der Waals surface area contributed by atoms with Crippen LogP contribution in [0.4, 0.5) is 9.18 Å². The predicted molar refractivity (Wildman–Crippen MR) is 95.2 cm³/mol. The van der Waals surface area contributed by atoms with Gasteiger partial charge in [-0.25, -0.2) is 9.18 Å². The normalized spacial score (nSPS) is 29.1. The highest BCUT2D eigenvalue weighted by Gasteiger charge is 2.66. The molecular formula is C20H28FNO4. The number of amides is 1. The number of hydrogen-bond donors (Lipinski definition) is 1. The molecule has 2 saturated heterocycles. The molecule has 0 unspecified atom stereocenters. The van der Waals surface area contributed by atoms with Gasteiger partial charge in [-0.2, -0.15) is 0 Å². The largest absolute Gasteiger partial charge is 0.444 e. The van der Waals surface area contributed by atoms with Crippen LogP contribution in [0.25, 0.3) is 0 Å². The topological polar surface area (TPSA) is 59.0 Å². The molecule has 0 aromatic heterocycles.